The number of carbonyl (C=O) groups is 4. The van der Waals surface area contributed by atoms with Crippen molar-refractivity contribution >= 4 is 33.8 Å². The highest BCUT2D eigenvalue weighted by atomic mass is 32.2. The Morgan fingerprint density at radius 1 is 0.833 bits per heavy atom. The van der Waals surface area contributed by atoms with Gasteiger partial charge in [0.2, 0.25) is 11.8 Å². The van der Waals surface area contributed by atoms with Crippen LogP contribution in [0.5, 0.6) is 0 Å². The number of aromatic nitrogens is 1. The van der Waals surface area contributed by atoms with Gasteiger partial charge in [-0.3, -0.25) is 19.5 Å². The highest BCUT2D eigenvalue weighted by Crippen LogP contribution is 2.26. The number of nitrogens with one attached hydrogen (secondary N) is 3. The van der Waals surface area contributed by atoms with Crippen LogP contribution in [0, 0.1) is 5.41 Å². The number of carboxylic acid groups (broad SMARTS) is 1. The third-order valence-electron chi connectivity index (χ3n) is 9.49. The molecule has 4 amide bonds. The van der Waals surface area contributed by atoms with Crippen molar-refractivity contribution in [1.29, 1.82) is 0 Å². The summed E-state index contributed by atoms with van der Waals surface area (Å²) in [6.45, 7) is 7.88. The maximum atomic E-state index is 14.0. The van der Waals surface area contributed by atoms with Gasteiger partial charge in [0.25, 0.3) is 0 Å². The molecule has 294 valence electrons. The van der Waals surface area contributed by atoms with Crippen molar-refractivity contribution in [1.82, 2.24) is 25.8 Å². The van der Waals surface area contributed by atoms with Gasteiger partial charge in [-0.05, 0) is 61.8 Å². The molecule has 0 unspecified atom stereocenters. The summed E-state index contributed by atoms with van der Waals surface area (Å²) in [6.07, 6.45) is -0.814. The number of hydrogen-bond acceptors (Lipinski definition) is 9. The monoisotopic (exact) mass is 767 g/mol. The first-order valence-electron chi connectivity index (χ1n) is 17.5. The summed E-state index contributed by atoms with van der Waals surface area (Å²) in [6, 6.07) is 17.6. The molecule has 0 aliphatic carbocycles. The number of pyridine rings is 1. The predicted octanol–water partition coefficient (Wildman–Crippen LogP) is 3.83. The largest absolute Gasteiger partial charge is 0.465 e. The van der Waals surface area contributed by atoms with Crippen molar-refractivity contribution in [2.75, 3.05) is 20.4 Å². The van der Waals surface area contributed by atoms with E-state index in [-0.39, 0.29) is 19.3 Å². The molecular formula is C39H53N5O9S. The van der Waals surface area contributed by atoms with E-state index in [2.05, 4.69) is 20.9 Å². The van der Waals surface area contributed by atoms with Crippen LogP contribution in [0.2, 0.25) is 0 Å². The Morgan fingerprint density at radius 2 is 1.43 bits per heavy atom. The molecule has 1 heterocycles. The zero-order valence-electron chi connectivity index (χ0n) is 32.1. The Kier molecular flexibility index (Phi) is 14.7. The highest BCUT2D eigenvalue weighted by molar-refractivity contribution is 7.92. The number of nitrogens with zero attached hydrogens (tertiary/aromatic N) is 2. The number of amides is 4. The molecule has 3 rings (SSSR count). The first-order chi connectivity index (χ1) is 25.1. The van der Waals surface area contributed by atoms with Gasteiger partial charge in [0.1, 0.15) is 12.1 Å². The Morgan fingerprint density at radius 3 is 1.94 bits per heavy atom. The molecule has 15 heteroatoms. The standard InChI is InChI=1S/C39H53N5O9S/c1-38(2,3)32(43-36(48)53-7)34(46)41-28(22-26-17-19-27(20-18-26)29-16-12-13-21-40-29)24-31(45)30(23-25-14-10-9-11-15-25)42-35(47)33(44(6)37(49)50)39(4,5)54(8,51)52/h9-21,28,30-33,45H,22-24H2,1-8H3,(H,41,46)(H,42,47)(H,43,48)(H,49,50)/t28-,30-,31-,32+,33+/m0/s1. The number of alkyl carbamates (subject to hydrolysis) is 1. The van der Waals surface area contributed by atoms with Crippen LogP contribution in [0.25, 0.3) is 11.3 Å². The van der Waals surface area contributed by atoms with Crippen LogP contribution < -0.4 is 16.0 Å². The summed E-state index contributed by atoms with van der Waals surface area (Å²) in [7, 11) is -1.67. The quantitative estimate of drug-likeness (QED) is 0.143. The average molecular weight is 768 g/mol. The number of rotatable bonds is 16. The number of ether oxygens (including phenoxy) is 1. The van der Waals surface area contributed by atoms with Gasteiger partial charge in [0, 0.05) is 31.1 Å². The van der Waals surface area contributed by atoms with E-state index in [9.17, 15) is 37.8 Å². The van der Waals surface area contributed by atoms with Gasteiger partial charge in [0.15, 0.2) is 9.84 Å². The molecule has 14 nitrogen and oxygen atoms in total. The molecule has 5 atom stereocenters. The smallest absolute Gasteiger partial charge is 0.407 e. The number of sulfone groups is 1. The van der Waals surface area contributed by atoms with E-state index in [1.165, 1.54) is 21.0 Å². The molecule has 0 aliphatic heterocycles. The summed E-state index contributed by atoms with van der Waals surface area (Å²) in [5.74, 6) is -1.45. The maximum absolute atomic E-state index is 14.0. The molecule has 5 N–H and O–H groups in total. The number of likely N-dealkylation sites (N-methyl/N-ethyl adjacent to an activating group) is 1. The Labute approximate surface area is 317 Å². The third-order valence-corrected chi connectivity index (χ3v) is 11.6. The Hall–Kier alpha value is -5.02. The molecule has 0 radical (unpaired) electrons. The lowest BCUT2D eigenvalue weighted by molar-refractivity contribution is -0.129. The summed E-state index contributed by atoms with van der Waals surface area (Å²) in [5, 5.41) is 30.1. The normalized spacial score (nSPS) is 14.8. The number of methoxy groups -OCH3 is 1. The molecule has 0 fully saturated rings. The number of carbonyl (C=O) groups excluding carboxylic acids is 3. The van der Waals surface area contributed by atoms with Gasteiger partial charge in [-0.2, -0.15) is 0 Å². The van der Waals surface area contributed by atoms with Crippen LogP contribution in [0.1, 0.15) is 52.2 Å². The van der Waals surface area contributed by atoms with Crippen LogP contribution in [-0.4, -0.2) is 108 Å². The second kappa shape index (κ2) is 18.3. The van der Waals surface area contributed by atoms with Crippen molar-refractivity contribution in [2.24, 2.45) is 5.41 Å². The lowest BCUT2D eigenvalue weighted by Crippen LogP contribution is -2.63. The van der Waals surface area contributed by atoms with E-state index >= 15 is 0 Å². The van der Waals surface area contributed by atoms with E-state index in [0.717, 1.165) is 35.7 Å². The van der Waals surface area contributed by atoms with Gasteiger partial charge in [0.05, 0.1) is 29.7 Å². The molecule has 54 heavy (non-hydrogen) atoms. The summed E-state index contributed by atoms with van der Waals surface area (Å²) in [5.41, 5.74) is 2.44. The minimum Gasteiger partial charge on any atom is -0.465 e. The number of benzene rings is 2. The maximum Gasteiger partial charge on any atom is 0.407 e. The summed E-state index contributed by atoms with van der Waals surface area (Å²) < 4.78 is 28.6. The molecule has 1 aromatic heterocycles. The van der Waals surface area contributed by atoms with Gasteiger partial charge >= 0.3 is 12.2 Å². The zero-order valence-corrected chi connectivity index (χ0v) is 32.9. The molecule has 0 saturated carbocycles. The van der Waals surface area contributed by atoms with Crippen molar-refractivity contribution < 1.29 is 42.5 Å². The summed E-state index contributed by atoms with van der Waals surface area (Å²) >= 11 is 0. The number of aliphatic hydroxyl groups is 1. The summed E-state index contributed by atoms with van der Waals surface area (Å²) in [4.78, 5) is 57.2. The van der Waals surface area contributed by atoms with Gasteiger partial charge in [-0.1, -0.05) is 81.4 Å². The van der Waals surface area contributed by atoms with Crippen molar-refractivity contribution in [3.8, 4) is 11.3 Å². The third kappa shape index (κ3) is 11.7. The average Bonchev–Trinajstić information content (AvgIpc) is 3.10. The number of aliphatic hydroxyl groups excluding tert-OH is 1. The van der Waals surface area contributed by atoms with Crippen LogP contribution in [0.4, 0.5) is 9.59 Å². The molecular weight excluding hydrogens is 715 g/mol. The lowest BCUT2D eigenvalue weighted by Gasteiger charge is -2.38. The van der Waals surface area contributed by atoms with Crippen molar-refractivity contribution in [3.05, 3.63) is 90.1 Å². The zero-order chi connectivity index (χ0) is 40.4. The number of hydrogen-bond donors (Lipinski definition) is 5. The van der Waals surface area contributed by atoms with Gasteiger partial charge in [-0.25, -0.2) is 18.0 Å². The fourth-order valence-corrected chi connectivity index (χ4v) is 6.77. The molecule has 3 aromatic rings. The van der Waals surface area contributed by atoms with Crippen LogP contribution >= 0.6 is 0 Å². The van der Waals surface area contributed by atoms with E-state index < -0.39 is 74.3 Å². The van der Waals surface area contributed by atoms with Crippen molar-refractivity contribution in [2.45, 2.75) is 88.9 Å². The second-order valence-electron chi connectivity index (χ2n) is 15.0. The van der Waals surface area contributed by atoms with Crippen LogP contribution in [0.3, 0.4) is 0 Å². The van der Waals surface area contributed by atoms with E-state index in [1.807, 2.05) is 42.5 Å². The molecule has 0 bridgehead atoms. The minimum atomic E-state index is -3.98. The fraction of sp³-hybridized carbons (Fsp3) is 0.462. The van der Waals surface area contributed by atoms with E-state index in [4.69, 9.17) is 4.74 Å². The Balaban J connectivity index is 2.03. The first kappa shape index (κ1) is 43.4. The second-order valence-corrected chi connectivity index (χ2v) is 17.6. The fourth-order valence-electron chi connectivity index (χ4n) is 6.10. The van der Waals surface area contributed by atoms with Crippen molar-refractivity contribution in [3.63, 3.8) is 0 Å². The van der Waals surface area contributed by atoms with Gasteiger partial charge in [-0.15, -0.1) is 0 Å². The lowest BCUT2D eigenvalue weighted by atomic mass is 9.85. The predicted molar refractivity (Wildman–Crippen MR) is 205 cm³/mol. The van der Waals surface area contributed by atoms with E-state index in [0.29, 0.717) is 4.90 Å². The highest BCUT2D eigenvalue weighted by Gasteiger charge is 2.48. The molecule has 0 aliphatic rings. The SMILES string of the molecule is COC(=O)N[C@H](C(=O)N[C@@H](Cc1ccc(-c2ccccn2)cc1)C[C@H](O)[C@H](Cc1ccccc1)NC(=O)[C@@H](N(C)C(=O)O)C(C)(C)S(C)(=O)=O)C(C)(C)C. The topological polar surface area (TPSA) is 204 Å². The minimum absolute atomic E-state index is 0.0878. The van der Waals surface area contributed by atoms with Crippen LogP contribution in [0.15, 0.2) is 79.0 Å². The Bertz CT molecular complexity index is 1830. The van der Waals surface area contributed by atoms with Crippen LogP contribution in [-0.2, 0) is 37.0 Å². The first-order valence-corrected chi connectivity index (χ1v) is 19.4. The molecule has 0 spiro atoms. The molecule has 2 aromatic carbocycles. The molecule has 0 saturated heterocycles. The van der Waals surface area contributed by atoms with E-state index in [1.54, 1.807) is 57.3 Å². The van der Waals surface area contributed by atoms with Gasteiger partial charge < -0.3 is 30.9 Å².